The summed E-state index contributed by atoms with van der Waals surface area (Å²) < 4.78 is 21.9. The first kappa shape index (κ1) is 16.3. The summed E-state index contributed by atoms with van der Waals surface area (Å²) in [7, 11) is 0. The molecule has 0 radical (unpaired) electrons. The van der Waals surface area contributed by atoms with Crippen LogP contribution >= 0.6 is 0 Å². The molecule has 3 aromatic heterocycles. The number of pyridine rings is 1. The second-order valence-electron chi connectivity index (χ2n) is 6.56. The van der Waals surface area contributed by atoms with Gasteiger partial charge in [-0.05, 0) is 36.6 Å². The van der Waals surface area contributed by atoms with Crippen LogP contribution in [0.2, 0.25) is 0 Å². The van der Waals surface area contributed by atoms with Gasteiger partial charge in [-0.3, -0.25) is 0 Å². The Bertz CT molecular complexity index is 1220. The fourth-order valence-electron chi connectivity index (χ4n) is 3.05. The van der Waals surface area contributed by atoms with Crippen LogP contribution in [0.15, 0.2) is 49.1 Å². The summed E-state index contributed by atoms with van der Waals surface area (Å²) in [6.45, 7) is 0. The highest BCUT2D eigenvalue weighted by Crippen LogP contribution is 2.38. The van der Waals surface area contributed by atoms with Crippen molar-refractivity contribution in [3.8, 4) is 28.8 Å². The molecule has 0 unspecified atom stereocenters. The Morgan fingerprint density at radius 1 is 1.14 bits per heavy atom. The van der Waals surface area contributed by atoms with Crippen molar-refractivity contribution in [1.29, 1.82) is 5.26 Å². The van der Waals surface area contributed by atoms with Gasteiger partial charge in [-0.1, -0.05) is 6.07 Å². The number of imidazole rings is 1. The Labute approximate surface area is 159 Å². The van der Waals surface area contributed by atoms with E-state index in [1.54, 1.807) is 30.7 Å². The van der Waals surface area contributed by atoms with Crippen LogP contribution in [0.5, 0.6) is 11.6 Å². The number of halogens is 1. The highest BCUT2D eigenvalue weighted by atomic mass is 19.1. The number of ether oxygens (including phenoxy) is 1. The van der Waals surface area contributed by atoms with Gasteiger partial charge in [0.15, 0.2) is 17.2 Å². The van der Waals surface area contributed by atoms with Crippen molar-refractivity contribution in [1.82, 2.24) is 24.7 Å². The Hall–Kier alpha value is -3.86. The monoisotopic (exact) mass is 372 g/mol. The van der Waals surface area contributed by atoms with Gasteiger partial charge in [0.05, 0.1) is 18.1 Å². The zero-order valence-electron chi connectivity index (χ0n) is 14.6. The van der Waals surface area contributed by atoms with Crippen LogP contribution in [-0.4, -0.2) is 24.7 Å². The molecule has 7 nitrogen and oxygen atoms in total. The summed E-state index contributed by atoms with van der Waals surface area (Å²) in [5.41, 5.74) is 3.31. The van der Waals surface area contributed by atoms with Crippen LogP contribution in [0.3, 0.4) is 0 Å². The largest absolute Gasteiger partial charge is 0.436 e. The Kier molecular flexibility index (Phi) is 3.72. The van der Waals surface area contributed by atoms with Crippen molar-refractivity contribution >= 4 is 11.2 Å². The molecule has 5 rings (SSSR count). The molecular weight excluding hydrogens is 359 g/mol. The first-order chi connectivity index (χ1) is 13.7. The molecule has 1 aromatic carbocycles. The molecule has 0 amide bonds. The minimum Gasteiger partial charge on any atom is -0.436 e. The number of hydrogen-bond acceptors (Lipinski definition) is 6. The Morgan fingerprint density at radius 3 is 2.79 bits per heavy atom. The van der Waals surface area contributed by atoms with E-state index in [4.69, 9.17) is 10.00 Å². The number of nitrogens with zero attached hydrogens (tertiary/aromatic N) is 6. The van der Waals surface area contributed by atoms with Gasteiger partial charge >= 0.3 is 0 Å². The van der Waals surface area contributed by atoms with E-state index in [1.165, 1.54) is 18.3 Å². The topological polar surface area (TPSA) is 89.5 Å². The predicted molar refractivity (Wildman–Crippen MR) is 98.0 cm³/mol. The normalized spacial score (nSPS) is 13.4. The third-order valence-electron chi connectivity index (χ3n) is 4.62. The van der Waals surface area contributed by atoms with Crippen LogP contribution in [0.25, 0.3) is 22.3 Å². The number of nitriles is 1. The lowest BCUT2D eigenvalue weighted by molar-refractivity contribution is 0.428. The maximum Gasteiger partial charge on any atom is 0.219 e. The highest BCUT2D eigenvalue weighted by molar-refractivity contribution is 5.89. The fraction of sp³-hybridized carbons (Fsp3) is 0.150. The quantitative estimate of drug-likeness (QED) is 0.537. The molecule has 136 valence electrons. The van der Waals surface area contributed by atoms with Gasteiger partial charge in [-0.2, -0.15) is 10.4 Å². The lowest BCUT2D eigenvalue weighted by Gasteiger charge is -2.09. The number of benzene rings is 1. The zero-order valence-corrected chi connectivity index (χ0v) is 14.6. The smallest absolute Gasteiger partial charge is 0.219 e. The van der Waals surface area contributed by atoms with Crippen LogP contribution < -0.4 is 4.74 Å². The second-order valence-corrected chi connectivity index (χ2v) is 6.56. The van der Waals surface area contributed by atoms with E-state index in [0.717, 1.165) is 29.6 Å². The molecule has 0 saturated heterocycles. The zero-order chi connectivity index (χ0) is 19.1. The molecule has 0 atom stereocenters. The predicted octanol–water partition coefficient (Wildman–Crippen LogP) is 4.03. The van der Waals surface area contributed by atoms with Gasteiger partial charge in [0.2, 0.25) is 5.88 Å². The summed E-state index contributed by atoms with van der Waals surface area (Å²) in [4.78, 5) is 8.51. The molecule has 4 aromatic rings. The minimum atomic E-state index is -0.517. The van der Waals surface area contributed by atoms with E-state index in [1.807, 2.05) is 10.6 Å². The molecule has 8 heteroatoms. The molecule has 1 aliphatic rings. The summed E-state index contributed by atoms with van der Waals surface area (Å²) in [5.74, 6) is -0.288. The summed E-state index contributed by atoms with van der Waals surface area (Å²) in [5, 5.41) is 17.2. The van der Waals surface area contributed by atoms with E-state index in [-0.39, 0.29) is 11.6 Å². The second kappa shape index (κ2) is 6.39. The third-order valence-corrected chi connectivity index (χ3v) is 4.62. The van der Waals surface area contributed by atoms with Crippen molar-refractivity contribution in [3.63, 3.8) is 0 Å². The molecular formula is C20H13FN6O. The minimum absolute atomic E-state index is 0.0290. The molecule has 0 aliphatic heterocycles. The molecule has 3 heterocycles. The van der Waals surface area contributed by atoms with Crippen molar-refractivity contribution in [2.75, 3.05) is 0 Å². The van der Waals surface area contributed by atoms with Gasteiger partial charge in [0.25, 0.3) is 0 Å². The molecule has 28 heavy (non-hydrogen) atoms. The van der Waals surface area contributed by atoms with Gasteiger partial charge in [0, 0.05) is 23.9 Å². The Balaban J connectivity index is 1.53. The van der Waals surface area contributed by atoms with E-state index in [0.29, 0.717) is 17.2 Å². The molecule has 0 N–H and O–H groups in total. The maximum atomic E-state index is 14.3. The third kappa shape index (κ3) is 2.83. The lowest BCUT2D eigenvalue weighted by Crippen LogP contribution is -1.96. The van der Waals surface area contributed by atoms with Gasteiger partial charge in [-0.15, -0.1) is 5.10 Å². The van der Waals surface area contributed by atoms with Crippen LogP contribution in [0, 0.1) is 17.1 Å². The van der Waals surface area contributed by atoms with Gasteiger partial charge in [0.1, 0.15) is 11.6 Å². The van der Waals surface area contributed by atoms with E-state index < -0.39 is 5.82 Å². The first-order valence-electron chi connectivity index (χ1n) is 8.75. The Morgan fingerprint density at radius 2 is 2.04 bits per heavy atom. The van der Waals surface area contributed by atoms with Crippen molar-refractivity contribution in [2.24, 2.45) is 0 Å². The lowest BCUT2D eigenvalue weighted by atomic mass is 10.1. The number of hydrogen-bond donors (Lipinski definition) is 0. The summed E-state index contributed by atoms with van der Waals surface area (Å²) in [6, 6.07) is 10.1. The summed E-state index contributed by atoms with van der Waals surface area (Å²) in [6.07, 6.45) is 7.00. The van der Waals surface area contributed by atoms with Crippen molar-refractivity contribution in [3.05, 3.63) is 60.4 Å². The van der Waals surface area contributed by atoms with Crippen molar-refractivity contribution in [2.45, 2.75) is 18.9 Å². The van der Waals surface area contributed by atoms with Gasteiger partial charge < -0.3 is 9.30 Å². The molecule has 1 aliphatic carbocycles. The summed E-state index contributed by atoms with van der Waals surface area (Å²) >= 11 is 0. The first-order valence-corrected chi connectivity index (χ1v) is 8.75. The number of aromatic nitrogens is 5. The fourth-order valence-corrected chi connectivity index (χ4v) is 3.05. The van der Waals surface area contributed by atoms with E-state index in [9.17, 15) is 4.39 Å². The van der Waals surface area contributed by atoms with E-state index >= 15 is 0 Å². The average molecular weight is 372 g/mol. The standard InChI is InChI=1S/C20H13FN6O/c21-16-5-2-13(7-17(16)28-18-6-1-12(8-22)9-23-18)15-10-25-26-20-19(15)24-11-27(20)14-3-4-14/h1-2,5-7,9-11,14H,3-4H2. The number of rotatable bonds is 4. The van der Waals surface area contributed by atoms with E-state index in [2.05, 4.69) is 20.2 Å². The molecule has 0 bridgehead atoms. The molecule has 1 saturated carbocycles. The SMILES string of the molecule is N#Cc1ccc(Oc2cc(-c3cnnc4c3ncn4C3CC3)ccc2F)nc1. The highest BCUT2D eigenvalue weighted by Gasteiger charge is 2.26. The van der Waals surface area contributed by atoms with Crippen LogP contribution in [0.1, 0.15) is 24.4 Å². The molecule has 0 spiro atoms. The van der Waals surface area contributed by atoms with Crippen molar-refractivity contribution < 1.29 is 9.13 Å². The van der Waals surface area contributed by atoms with Crippen LogP contribution in [-0.2, 0) is 0 Å². The van der Waals surface area contributed by atoms with Crippen LogP contribution in [0.4, 0.5) is 4.39 Å². The average Bonchev–Trinajstić information content (AvgIpc) is 3.48. The maximum absolute atomic E-state index is 14.3. The number of fused-ring (bicyclic) bond motifs is 1. The van der Waals surface area contributed by atoms with Gasteiger partial charge in [-0.25, -0.2) is 14.4 Å². The molecule has 1 fully saturated rings.